The third-order valence-corrected chi connectivity index (χ3v) is 3.90. The average Bonchev–Trinajstić information content (AvgIpc) is 2.66. The Bertz CT molecular complexity index is 522. The van der Waals surface area contributed by atoms with E-state index in [4.69, 9.17) is 5.73 Å². The molecule has 2 N–H and O–H groups in total. The zero-order chi connectivity index (χ0) is 12.4. The minimum atomic E-state index is 0.0201. The summed E-state index contributed by atoms with van der Waals surface area (Å²) in [6.45, 7) is 2.00. The molecule has 2 rings (SSSR count). The lowest BCUT2D eigenvalue weighted by atomic mass is 10.1. The summed E-state index contributed by atoms with van der Waals surface area (Å²) in [5.74, 6) is 0. The molecular weight excluding hydrogens is 298 g/mol. The number of aryl methyl sites for hydroxylation is 1. The van der Waals surface area contributed by atoms with Gasteiger partial charge < -0.3 is 5.73 Å². The lowest BCUT2D eigenvalue weighted by Gasteiger charge is -2.12. The lowest BCUT2D eigenvalue weighted by molar-refractivity contribution is 0.766. The first-order valence-corrected chi connectivity index (χ1v) is 6.89. The van der Waals surface area contributed by atoms with Crippen molar-refractivity contribution in [3.63, 3.8) is 0 Å². The van der Waals surface area contributed by atoms with E-state index in [1.54, 1.807) is 16.4 Å². The lowest BCUT2D eigenvalue weighted by Crippen LogP contribution is -2.06. The number of nitrogens with two attached hydrogens (primary N) is 1. The van der Waals surface area contributed by atoms with Crippen molar-refractivity contribution in [3.8, 4) is 0 Å². The molecule has 0 aliphatic carbocycles. The van der Waals surface area contributed by atoms with Gasteiger partial charge in [-0.2, -0.15) is 5.10 Å². The third kappa shape index (κ3) is 3.12. The zero-order valence-electron chi connectivity index (χ0n) is 9.72. The van der Waals surface area contributed by atoms with E-state index in [1.807, 2.05) is 32.4 Å². The topological polar surface area (TPSA) is 43.8 Å². The largest absolute Gasteiger partial charge is 0.324 e. The molecule has 1 unspecified atom stereocenters. The molecule has 0 fully saturated rings. The van der Waals surface area contributed by atoms with Gasteiger partial charge in [-0.05, 0) is 30.7 Å². The van der Waals surface area contributed by atoms with Crippen molar-refractivity contribution in [3.05, 3.63) is 40.6 Å². The molecule has 5 heteroatoms. The Morgan fingerprint density at radius 1 is 1.47 bits per heavy atom. The van der Waals surface area contributed by atoms with Gasteiger partial charge in [-0.25, -0.2) is 0 Å². The minimum absolute atomic E-state index is 0.0201. The molecule has 1 aromatic carbocycles. The number of nitrogens with zero attached hydrogens (tertiary/aromatic N) is 2. The Morgan fingerprint density at radius 2 is 2.24 bits per heavy atom. The molecule has 1 aromatic heterocycles. The molecule has 0 bridgehead atoms. The molecule has 0 saturated carbocycles. The van der Waals surface area contributed by atoms with Crippen LogP contribution >= 0.6 is 27.7 Å². The number of hydrogen-bond donors (Lipinski definition) is 1. The van der Waals surface area contributed by atoms with E-state index >= 15 is 0 Å². The average molecular weight is 312 g/mol. The van der Waals surface area contributed by atoms with E-state index in [9.17, 15) is 0 Å². The zero-order valence-corrected chi connectivity index (χ0v) is 12.1. The quantitative estimate of drug-likeness (QED) is 0.945. The van der Waals surface area contributed by atoms with E-state index in [1.165, 1.54) is 4.90 Å². The number of rotatable bonds is 3. The fourth-order valence-corrected chi connectivity index (χ4v) is 2.98. The van der Waals surface area contributed by atoms with Gasteiger partial charge in [-0.15, -0.1) is 0 Å². The van der Waals surface area contributed by atoms with Crippen LogP contribution in [0.25, 0.3) is 0 Å². The van der Waals surface area contributed by atoms with Crippen molar-refractivity contribution in [2.24, 2.45) is 12.8 Å². The van der Waals surface area contributed by atoms with Crippen LogP contribution in [0.4, 0.5) is 0 Å². The molecule has 1 heterocycles. The summed E-state index contributed by atoms with van der Waals surface area (Å²) >= 11 is 5.16. The van der Waals surface area contributed by atoms with Crippen molar-refractivity contribution >= 4 is 27.7 Å². The second kappa shape index (κ2) is 5.25. The number of halogens is 1. The Balaban J connectivity index is 2.32. The Morgan fingerprint density at radius 3 is 2.82 bits per heavy atom. The molecule has 0 aliphatic heterocycles. The van der Waals surface area contributed by atoms with Gasteiger partial charge in [0.15, 0.2) is 0 Å². The molecule has 2 aromatic rings. The van der Waals surface area contributed by atoms with Crippen molar-refractivity contribution in [1.29, 1.82) is 0 Å². The molecule has 90 valence electrons. The van der Waals surface area contributed by atoms with Gasteiger partial charge in [0.05, 0.1) is 11.1 Å². The third-order valence-electron chi connectivity index (χ3n) is 2.37. The van der Waals surface area contributed by atoms with Gasteiger partial charge in [0.1, 0.15) is 0 Å². The number of hydrogen-bond acceptors (Lipinski definition) is 3. The van der Waals surface area contributed by atoms with Crippen LogP contribution in [0.2, 0.25) is 0 Å². The van der Waals surface area contributed by atoms with Gasteiger partial charge in [0.2, 0.25) is 0 Å². The fraction of sp³-hybridized carbons (Fsp3) is 0.250. The maximum absolute atomic E-state index is 5.99. The van der Waals surface area contributed by atoms with Crippen LogP contribution in [0.15, 0.2) is 44.9 Å². The summed E-state index contributed by atoms with van der Waals surface area (Å²) in [6, 6.07) is 6.21. The summed E-state index contributed by atoms with van der Waals surface area (Å²) in [5.41, 5.74) is 7.13. The highest BCUT2D eigenvalue weighted by Gasteiger charge is 2.09. The standard InChI is InChI=1S/C12H14BrN3S/c1-8(14)11-5-9(13)3-4-12(11)17-10-6-15-16(2)7-10/h3-8H,14H2,1-2H3. The summed E-state index contributed by atoms with van der Waals surface area (Å²) in [5, 5.41) is 4.16. The summed E-state index contributed by atoms with van der Waals surface area (Å²) < 4.78 is 2.85. The first-order chi connectivity index (χ1) is 8.06. The summed E-state index contributed by atoms with van der Waals surface area (Å²) in [6.07, 6.45) is 3.86. The van der Waals surface area contributed by atoms with Crippen molar-refractivity contribution in [2.45, 2.75) is 22.8 Å². The first-order valence-electron chi connectivity index (χ1n) is 5.28. The number of aromatic nitrogens is 2. The van der Waals surface area contributed by atoms with Crippen LogP contribution < -0.4 is 5.73 Å². The molecule has 0 amide bonds. The normalized spacial score (nSPS) is 12.7. The molecular formula is C12H14BrN3S. The van der Waals surface area contributed by atoms with Gasteiger partial charge >= 0.3 is 0 Å². The predicted octanol–water partition coefficient (Wildman–Crippen LogP) is 3.35. The minimum Gasteiger partial charge on any atom is -0.324 e. The summed E-state index contributed by atoms with van der Waals surface area (Å²) in [4.78, 5) is 2.30. The highest BCUT2D eigenvalue weighted by molar-refractivity contribution is 9.10. The van der Waals surface area contributed by atoms with Crippen LogP contribution in [-0.2, 0) is 7.05 Å². The predicted molar refractivity (Wildman–Crippen MR) is 74.1 cm³/mol. The molecule has 3 nitrogen and oxygen atoms in total. The monoisotopic (exact) mass is 311 g/mol. The van der Waals surface area contributed by atoms with Crippen LogP contribution in [0.3, 0.4) is 0 Å². The van der Waals surface area contributed by atoms with Crippen molar-refractivity contribution in [2.75, 3.05) is 0 Å². The van der Waals surface area contributed by atoms with E-state index in [-0.39, 0.29) is 6.04 Å². The Labute approximate surface area is 114 Å². The van der Waals surface area contributed by atoms with Crippen LogP contribution in [0, 0.1) is 0 Å². The van der Waals surface area contributed by atoms with E-state index < -0.39 is 0 Å². The fourth-order valence-electron chi connectivity index (χ4n) is 1.55. The van der Waals surface area contributed by atoms with Crippen molar-refractivity contribution in [1.82, 2.24) is 9.78 Å². The highest BCUT2D eigenvalue weighted by atomic mass is 79.9. The Hall–Kier alpha value is -0.780. The van der Waals surface area contributed by atoms with Crippen LogP contribution in [0.1, 0.15) is 18.5 Å². The molecule has 0 radical (unpaired) electrons. The van der Waals surface area contributed by atoms with E-state index in [0.717, 1.165) is 14.9 Å². The second-order valence-corrected chi connectivity index (χ2v) is 5.95. The molecule has 0 spiro atoms. The molecule has 17 heavy (non-hydrogen) atoms. The van der Waals surface area contributed by atoms with Crippen LogP contribution in [-0.4, -0.2) is 9.78 Å². The second-order valence-electron chi connectivity index (χ2n) is 3.92. The van der Waals surface area contributed by atoms with Gasteiger partial charge in [-0.3, -0.25) is 4.68 Å². The maximum atomic E-state index is 5.99. The van der Waals surface area contributed by atoms with Gasteiger partial charge in [0.25, 0.3) is 0 Å². The van der Waals surface area contributed by atoms with Gasteiger partial charge in [-0.1, -0.05) is 27.7 Å². The van der Waals surface area contributed by atoms with Crippen molar-refractivity contribution < 1.29 is 0 Å². The maximum Gasteiger partial charge on any atom is 0.0629 e. The van der Waals surface area contributed by atoms with E-state index in [2.05, 4.69) is 33.2 Å². The first kappa shape index (κ1) is 12.7. The van der Waals surface area contributed by atoms with E-state index in [0.29, 0.717) is 0 Å². The van der Waals surface area contributed by atoms with Crippen LogP contribution in [0.5, 0.6) is 0 Å². The molecule has 0 saturated heterocycles. The summed E-state index contributed by atoms with van der Waals surface area (Å²) in [7, 11) is 1.91. The smallest absolute Gasteiger partial charge is 0.0629 e. The molecule has 1 atom stereocenters. The van der Waals surface area contributed by atoms with Gasteiger partial charge in [0, 0.05) is 28.7 Å². The SMILES string of the molecule is CC(N)c1cc(Br)ccc1Sc1cnn(C)c1. The number of benzene rings is 1. The molecule has 0 aliphatic rings. The Kier molecular flexibility index (Phi) is 3.91. The highest BCUT2D eigenvalue weighted by Crippen LogP contribution is 2.34.